The molecule has 0 unspecified atom stereocenters. The summed E-state index contributed by atoms with van der Waals surface area (Å²) in [5.74, 6) is 0. The van der Waals surface area contributed by atoms with E-state index in [4.69, 9.17) is 16.0 Å². The van der Waals surface area contributed by atoms with Crippen molar-refractivity contribution in [3.8, 4) is 0 Å². The zero-order valence-corrected chi connectivity index (χ0v) is 8.68. The molecular formula is C11H9ClO2. The van der Waals surface area contributed by atoms with Crippen LogP contribution in [0.15, 0.2) is 16.5 Å². The lowest BCUT2D eigenvalue weighted by atomic mass is 10.1. The number of aldehydes is 1. The SMILES string of the molecule is Cc1cc(C)c2oc(Cl)c(C=O)c2c1. The van der Waals surface area contributed by atoms with Gasteiger partial charge in [0.1, 0.15) is 5.58 Å². The highest BCUT2D eigenvalue weighted by Crippen LogP contribution is 2.31. The Morgan fingerprint density at radius 3 is 2.71 bits per heavy atom. The van der Waals surface area contributed by atoms with E-state index in [2.05, 4.69) is 0 Å². The van der Waals surface area contributed by atoms with Gasteiger partial charge in [0.15, 0.2) is 6.29 Å². The average Bonchev–Trinajstić information content (AvgIpc) is 2.41. The number of halogens is 1. The molecule has 0 saturated carbocycles. The minimum absolute atomic E-state index is 0.170. The first-order chi connectivity index (χ1) is 6.63. The van der Waals surface area contributed by atoms with Gasteiger partial charge in [0.05, 0.1) is 5.56 Å². The Labute approximate surface area is 86.5 Å². The summed E-state index contributed by atoms with van der Waals surface area (Å²) in [4.78, 5) is 10.8. The van der Waals surface area contributed by atoms with E-state index in [0.29, 0.717) is 11.1 Å². The zero-order valence-electron chi connectivity index (χ0n) is 7.93. The summed E-state index contributed by atoms with van der Waals surface area (Å²) >= 11 is 5.79. The third kappa shape index (κ3) is 1.23. The molecule has 1 aromatic heterocycles. The van der Waals surface area contributed by atoms with Crippen LogP contribution in [0.4, 0.5) is 0 Å². The van der Waals surface area contributed by atoms with Gasteiger partial charge < -0.3 is 4.42 Å². The van der Waals surface area contributed by atoms with Crippen LogP contribution in [0.3, 0.4) is 0 Å². The van der Waals surface area contributed by atoms with E-state index in [1.807, 2.05) is 26.0 Å². The second kappa shape index (κ2) is 3.14. The van der Waals surface area contributed by atoms with Crippen LogP contribution in [0.1, 0.15) is 21.5 Å². The molecule has 2 rings (SSSR count). The maximum atomic E-state index is 10.8. The minimum atomic E-state index is 0.170. The van der Waals surface area contributed by atoms with E-state index in [9.17, 15) is 4.79 Å². The van der Waals surface area contributed by atoms with Gasteiger partial charge in [0.2, 0.25) is 5.22 Å². The van der Waals surface area contributed by atoms with Crippen LogP contribution < -0.4 is 0 Å². The van der Waals surface area contributed by atoms with Gasteiger partial charge in [0, 0.05) is 5.39 Å². The molecule has 1 aromatic carbocycles. The third-order valence-corrected chi connectivity index (χ3v) is 2.51. The molecule has 0 amide bonds. The first kappa shape index (κ1) is 9.28. The lowest BCUT2D eigenvalue weighted by Crippen LogP contribution is -1.80. The largest absolute Gasteiger partial charge is 0.444 e. The molecule has 0 fully saturated rings. The molecule has 72 valence electrons. The topological polar surface area (TPSA) is 30.2 Å². The summed E-state index contributed by atoms with van der Waals surface area (Å²) in [5, 5.41) is 0.964. The van der Waals surface area contributed by atoms with Crippen LogP contribution in [0.5, 0.6) is 0 Å². The monoisotopic (exact) mass is 208 g/mol. The van der Waals surface area contributed by atoms with Crippen molar-refractivity contribution in [1.82, 2.24) is 0 Å². The lowest BCUT2D eigenvalue weighted by molar-refractivity contribution is 0.112. The van der Waals surface area contributed by atoms with Gasteiger partial charge in [-0.05, 0) is 42.6 Å². The van der Waals surface area contributed by atoms with Crippen molar-refractivity contribution in [2.75, 3.05) is 0 Å². The molecule has 0 bridgehead atoms. The molecular weight excluding hydrogens is 200 g/mol. The maximum absolute atomic E-state index is 10.8. The van der Waals surface area contributed by atoms with Gasteiger partial charge in [-0.3, -0.25) is 4.79 Å². The quantitative estimate of drug-likeness (QED) is 0.672. The Balaban J connectivity index is 2.94. The molecule has 0 radical (unpaired) electrons. The number of rotatable bonds is 1. The first-order valence-electron chi connectivity index (χ1n) is 4.28. The number of carbonyl (C=O) groups is 1. The summed E-state index contributed by atoms with van der Waals surface area (Å²) < 4.78 is 5.31. The minimum Gasteiger partial charge on any atom is -0.444 e. The molecule has 0 saturated heterocycles. The second-order valence-corrected chi connectivity index (χ2v) is 3.71. The summed E-state index contributed by atoms with van der Waals surface area (Å²) in [6.07, 6.45) is 0.729. The van der Waals surface area contributed by atoms with E-state index >= 15 is 0 Å². The van der Waals surface area contributed by atoms with Gasteiger partial charge in [-0.1, -0.05) is 6.07 Å². The predicted molar refractivity (Wildman–Crippen MR) is 56.1 cm³/mol. The second-order valence-electron chi connectivity index (χ2n) is 3.37. The molecule has 3 heteroatoms. The fraction of sp³-hybridized carbons (Fsp3) is 0.182. The van der Waals surface area contributed by atoms with Crippen molar-refractivity contribution in [3.63, 3.8) is 0 Å². The Morgan fingerprint density at radius 2 is 2.07 bits per heavy atom. The molecule has 2 nitrogen and oxygen atoms in total. The van der Waals surface area contributed by atoms with Crippen molar-refractivity contribution in [1.29, 1.82) is 0 Å². The van der Waals surface area contributed by atoms with E-state index in [0.717, 1.165) is 22.8 Å². The number of hydrogen-bond acceptors (Lipinski definition) is 2. The van der Waals surface area contributed by atoms with Gasteiger partial charge in [-0.2, -0.15) is 0 Å². The van der Waals surface area contributed by atoms with Crippen LogP contribution in [0, 0.1) is 13.8 Å². The van der Waals surface area contributed by atoms with Crippen LogP contribution in [-0.2, 0) is 0 Å². The van der Waals surface area contributed by atoms with Gasteiger partial charge in [-0.15, -0.1) is 0 Å². The number of benzene rings is 1. The first-order valence-corrected chi connectivity index (χ1v) is 4.65. The molecule has 0 N–H and O–H groups in total. The van der Waals surface area contributed by atoms with Gasteiger partial charge >= 0.3 is 0 Å². The standard InChI is InChI=1S/C11H9ClO2/c1-6-3-7(2)10-8(4-6)9(5-13)11(12)14-10/h3-5H,1-2H3. The Hall–Kier alpha value is -1.28. The predicted octanol–water partition coefficient (Wildman–Crippen LogP) is 3.52. The van der Waals surface area contributed by atoms with Crippen molar-refractivity contribution < 1.29 is 9.21 Å². The maximum Gasteiger partial charge on any atom is 0.205 e. The number of carbonyl (C=O) groups excluding carboxylic acids is 1. The van der Waals surface area contributed by atoms with Crippen molar-refractivity contribution in [2.45, 2.75) is 13.8 Å². The highest BCUT2D eigenvalue weighted by Gasteiger charge is 2.13. The Morgan fingerprint density at radius 1 is 1.36 bits per heavy atom. The van der Waals surface area contributed by atoms with Crippen LogP contribution in [0.25, 0.3) is 11.0 Å². The number of fused-ring (bicyclic) bond motifs is 1. The fourth-order valence-corrected chi connectivity index (χ4v) is 1.87. The van der Waals surface area contributed by atoms with Gasteiger partial charge in [-0.25, -0.2) is 0 Å². The van der Waals surface area contributed by atoms with E-state index in [1.54, 1.807) is 0 Å². The fourth-order valence-electron chi connectivity index (χ4n) is 1.65. The van der Waals surface area contributed by atoms with E-state index in [-0.39, 0.29) is 5.22 Å². The molecule has 0 spiro atoms. The van der Waals surface area contributed by atoms with Crippen molar-refractivity contribution in [2.24, 2.45) is 0 Å². The summed E-state index contributed by atoms with van der Waals surface area (Å²) in [6, 6.07) is 3.90. The van der Waals surface area contributed by atoms with E-state index < -0.39 is 0 Å². The molecule has 1 heterocycles. The summed E-state index contributed by atoms with van der Waals surface area (Å²) in [5.41, 5.74) is 3.22. The third-order valence-electron chi connectivity index (χ3n) is 2.23. The normalized spacial score (nSPS) is 10.8. The highest BCUT2D eigenvalue weighted by atomic mass is 35.5. The number of furan rings is 1. The Kier molecular flexibility index (Phi) is 2.08. The molecule has 14 heavy (non-hydrogen) atoms. The van der Waals surface area contributed by atoms with Crippen LogP contribution >= 0.6 is 11.6 Å². The molecule has 0 atom stereocenters. The molecule has 0 aliphatic heterocycles. The van der Waals surface area contributed by atoms with E-state index in [1.165, 1.54) is 0 Å². The van der Waals surface area contributed by atoms with Gasteiger partial charge in [0.25, 0.3) is 0 Å². The molecule has 0 aliphatic rings. The number of hydrogen-bond donors (Lipinski definition) is 0. The highest BCUT2D eigenvalue weighted by molar-refractivity contribution is 6.33. The van der Waals surface area contributed by atoms with Crippen LogP contribution in [-0.4, -0.2) is 6.29 Å². The van der Waals surface area contributed by atoms with Crippen molar-refractivity contribution in [3.05, 3.63) is 34.0 Å². The average molecular weight is 209 g/mol. The summed E-state index contributed by atoms with van der Waals surface area (Å²) in [7, 11) is 0. The molecule has 0 aliphatic carbocycles. The smallest absolute Gasteiger partial charge is 0.205 e. The van der Waals surface area contributed by atoms with Crippen molar-refractivity contribution >= 4 is 28.9 Å². The zero-order chi connectivity index (χ0) is 10.3. The Bertz CT molecular complexity index is 511. The van der Waals surface area contributed by atoms with Crippen LogP contribution in [0.2, 0.25) is 5.22 Å². The molecule has 2 aromatic rings. The summed E-state index contributed by atoms with van der Waals surface area (Å²) in [6.45, 7) is 3.91. The lowest BCUT2D eigenvalue weighted by Gasteiger charge is -1.96. The number of aryl methyl sites for hydroxylation is 2.